The van der Waals surface area contributed by atoms with Crippen LogP contribution in [0.1, 0.15) is 73.6 Å². The summed E-state index contributed by atoms with van der Waals surface area (Å²) >= 11 is 0. The number of H-pyrrole nitrogens is 2. The molecule has 0 saturated heterocycles. The van der Waals surface area contributed by atoms with Crippen molar-refractivity contribution in [3.8, 4) is 22.8 Å². The average molecular weight is 635 g/mol. The SMILES string of the molecule is NC(=NC1CCCC1)c1ccc2nc(-c3ccc(CCc4ccc(-c5nc6ccc(C(N)=NC7CCCC7)cc6[nH]5)cc4)cc3)[nH]c2c1. The number of nitrogens with two attached hydrogens (primary N) is 2. The van der Waals surface area contributed by atoms with Crippen LogP contribution in [-0.4, -0.2) is 43.7 Å². The van der Waals surface area contributed by atoms with Crippen molar-refractivity contribution >= 4 is 33.7 Å². The first-order valence-corrected chi connectivity index (χ1v) is 17.4. The monoisotopic (exact) mass is 634 g/mol. The van der Waals surface area contributed by atoms with Gasteiger partial charge in [0.05, 0.1) is 34.2 Å². The summed E-state index contributed by atoms with van der Waals surface area (Å²) in [6.07, 6.45) is 11.4. The fraction of sp³-hybridized carbons (Fsp3) is 0.300. The fourth-order valence-electron chi connectivity index (χ4n) is 7.17. The van der Waals surface area contributed by atoms with Crippen LogP contribution >= 0.6 is 0 Å². The lowest BCUT2D eigenvalue weighted by atomic mass is 10.0. The largest absolute Gasteiger partial charge is 0.383 e. The van der Waals surface area contributed by atoms with Gasteiger partial charge in [-0.1, -0.05) is 74.2 Å². The van der Waals surface area contributed by atoms with Gasteiger partial charge in [-0.2, -0.15) is 0 Å². The second-order valence-electron chi connectivity index (χ2n) is 13.4. The van der Waals surface area contributed by atoms with Gasteiger partial charge in [-0.15, -0.1) is 0 Å². The Kier molecular flexibility index (Phi) is 8.22. The van der Waals surface area contributed by atoms with Crippen LogP contribution in [0.25, 0.3) is 44.8 Å². The number of aromatic nitrogens is 4. The maximum absolute atomic E-state index is 6.36. The molecule has 0 unspecified atom stereocenters. The second kappa shape index (κ2) is 13.1. The quantitative estimate of drug-likeness (QED) is 0.0952. The number of aliphatic imine (C=N–C) groups is 2. The van der Waals surface area contributed by atoms with Gasteiger partial charge in [-0.05, 0) is 86.1 Å². The molecule has 2 fully saturated rings. The zero-order valence-electron chi connectivity index (χ0n) is 27.3. The normalized spacial score (nSPS) is 16.5. The number of rotatable bonds is 9. The highest BCUT2D eigenvalue weighted by molar-refractivity contribution is 6.01. The van der Waals surface area contributed by atoms with Crippen molar-refractivity contribution in [2.45, 2.75) is 76.3 Å². The lowest BCUT2D eigenvalue weighted by Crippen LogP contribution is -2.16. The van der Waals surface area contributed by atoms with Gasteiger partial charge in [0, 0.05) is 22.3 Å². The molecule has 8 rings (SSSR count). The average Bonchev–Trinajstić information content (AvgIpc) is 3.95. The maximum Gasteiger partial charge on any atom is 0.138 e. The smallest absolute Gasteiger partial charge is 0.138 e. The van der Waals surface area contributed by atoms with E-state index in [-0.39, 0.29) is 0 Å². The Morgan fingerprint density at radius 3 is 1.35 bits per heavy atom. The lowest BCUT2D eigenvalue weighted by Gasteiger charge is -2.06. The van der Waals surface area contributed by atoms with E-state index in [4.69, 9.17) is 31.4 Å². The zero-order chi connectivity index (χ0) is 32.5. The van der Waals surface area contributed by atoms with Crippen molar-refractivity contribution in [1.29, 1.82) is 0 Å². The number of amidine groups is 2. The van der Waals surface area contributed by atoms with Crippen molar-refractivity contribution in [2.75, 3.05) is 0 Å². The molecule has 4 aromatic carbocycles. The van der Waals surface area contributed by atoms with E-state index in [0.29, 0.717) is 23.8 Å². The minimum Gasteiger partial charge on any atom is -0.383 e. The Bertz CT molecular complexity index is 1950. The molecule has 2 heterocycles. The third-order valence-electron chi connectivity index (χ3n) is 10.0. The summed E-state index contributed by atoms with van der Waals surface area (Å²) < 4.78 is 0. The second-order valence-corrected chi connectivity index (χ2v) is 13.4. The fourth-order valence-corrected chi connectivity index (χ4v) is 7.17. The summed E-state index contributed by atoms with van der Waals surface area (Å²) in [4.78, 5) is 26.2. The summed E-state index contributed by atoms with van der Waals surface area (Å²) in [5.41, 5.74) is 23.1. The summed E-state index contributed by atoms with van der Waals surface area (Å²) in [5, 5.41) is 0. The van der Waals surface area contributed by atoms with Gasteiger partial charge in [0.25, 0.3) is 0 Å². The molecule has 0 atom stereocenters. The van der Waals surface area contributed by atoms with Crippen molar-refractivity contribution in [1.82, 2.24) is 19.9 Å². The molecule has 48 heavy (non-hydrogen) atoms. The van der Waals surface area contributed by atoms with Gasteiger partial charge >= 0.3 is 0 Å². The van der Waals surface area contributed by atoms with Gasteiger partial charge in [-0.3, -0.25) is 9.98 Å². The number of benzene rings is 4. The number of aryl methyl sites for hydroxylation is 2. The Labute approximate surface area is 280 Å². The molecular formula is C40H42N8. The van der Waals surface area contributed by atoms with E-state index in [0.717, 1.165) is 94.5 Å². The molecule has 2 aromatic heterocycles. The highest BCUT2D eigenvalue weighted by Gasteiger charge is 2.16. The molecule has 0 spiro atoms. The van der Waals surface area contributed by atoms with Crippen molar-refractivity contribution in [3.63, 3.8) is 0 Å². The van der Waals surface area contributed by atoms with Gasteiger partial charge in [0.15, 0.2) is 0 Å². The Morgan fingerprint density at radius 2 is 0.958 bits per heavy atom. The molecule has 2 aliphatic carbocycles. The number of fused-ring (bicyclic) bond motifs is 2. The van der Waals surface area contributed by atoms with E-state index in [1.54, 1.807) is 0 Å². The molecule has 8 heteroatoms. The number of hydrogen-bond acceptors (Lipinski definition) is 4. The van der Waals surface area contributed by atoms with Gasteiger partial charge < -0.3 is 21.4 Å². The maximum atomic E-state index is 6.36. The highest BCUT2D eigenvalue weighted by atomic mass is 14.9. The summed E-state index contributed by atoms with van der Waals surface area (Å²) in [5.74, 6) is 2.96. The van der Waals surface area contributed by atoms with E-state index >= 15 is 0 Å². The van der Waals surface area contributed by atoms with E-state index in [2.05, 4.69) is 70.6 Å². The van der Waals surface area contributed by atoms with Gasteiger partial charge in [0.1, 0.15) is 23.3 Å². The molecule has 6 N–H and O–H groups in total. The molecule has 6 aromatic rings. The molecule has 2 saturated carbocycles. The molecule has 0 bridgehead atoms. The van der Waals surface area contributed by atoms with Crippen LogP contribution in [0.15, 0.2) is 94.9 Å². The molecule has 8 nitrogen and oxygen atoms in total. The van der Waals surface area contributed by atoms with Gasteiger partial charge in [-0.25, -0.2) is 9.97 Å². The number of nitrogens with one attached hydrogen (secondary N) is 2. The molecule has 0 amide bonds. The Hall–Kier alpha value is -5.24. The van der Waals surface area contributed by atoms with Crippen molar-refractivity contribution in [2.24, 2.45) is 21.5 Å². The molecular weight excluding hydrogens is 592 g/mol. The standard InChI is InChI=1S/C40H42N8/c41-37(43-31-5-1-2-6-31)29-19-21-33-35(23-29)47-39(45-33)27-15-11-25(12-16-27)9-10-26-13-17-28(18-14-26)40-46-34-22-20-30(24-36(34)48-40)38(42)44-32-7-3-4-8-32/h11-24,31-32H,1-10H2,(H2,41,43)(H2,42,44)(H,45,47)(H,46,48). The lowest BCUT2D eigenvalue weighted by molar-refractivity contribution is 0.706. The van der Waals surface area contributed by atoms with E-state index in [1.165, 1.54) is 36.8 Å². The van der Waals surface area contributed by atoms with E-state index in [1.807, 2.05) is 24.3 Å². The van der Waals surface area contributed by atoms with E-state index < -0.39 is 0 Å². The first-order valence-electron chi connectivity index (χ1n) is 17.4. The van der Waals surface area contributed by atoms with Crippen LogP contribution in [0.4, 0.5) is 0 Å². The summed E-state index contributed by atoms with van der Waals surface area (Å²) in [6, 6.07) is 30.3. The molecule has 0 aliphatic heterocycles. The minimum atomic E-state index is 0.361. The predicted octanol–water partition coefficient (Wildman–Crippen LogP) is 7.85. The third-order valence-corrected chi connectivity index (χ3v) is 10.0. The molecule has 242 valence electrons. The molecule has 2 aliphatic rings. The minimum absolute atomic E-state index is 0.361. The third kappa shape index (κ3) is 6.47. The summed E-state index contributed by atoms with van der Waals surface area (Å²) in [6.45, 7) is 0. The van der Waals surface area contributed by atoms with Crippen LogP contribution < -0.4 is 11.5 Å². The topological polar surface area (TPSA) is 134 Å². The van der Waals surface area contributed by atoms with Crippen molar-refractivity contribution < 1.29 is 0 Å². The number of imidazole rings is 2. The van der Waals surface area contributed by atoms with Crippen LogP contribution in [0.3, 0.4) is 0 Å². The number of aromatic amines is 2. The summed E-state index contributed by atoms with van der Waals surface area (Å²) in [7, 11) is 0. The number of nitrogens with zero attached hydrogens (tertiary/aromatic N) is 4. The Balaban J connectivity index is 0.898. The number of hydrogen-bond donors (Lipinski definition) is 4. The van der Waals surface area contributed by atoms with E-state index in [9.17, 15) is 0 Å². The van der Waals surface area contributed by atoms with Crippen molar-refractivity contribution in [3.05, 3.63) is 107 Å². The van der Waals surface area contributed by atoms with Crippen LogP contribution in [0.2, 0.25) is 0 Å². The van der Waals surface area contributed by atoms with Crippen LogP contribution in [0, 0.1) is 0 Å². The Morgan fingerprint density at radius 1 is 0.562 bits per heavy atom. The first-order chi connectivity index (χ1) is 23.5. The zero-order valence-corrected chi connectivity index (χ0v) is 27.3. The van der Waals surface area contributed by atoms with Crippen LogP contribution in [-0.2, 0) is 12.8 Å². The first kappa shape index (κ1) is 30.1. The van der Waals surface area contributed by atoms with Crippen LogP contribution in [0.5, 0.6) is 0 Å². The highest BCUT2D eigenvalue weighted by Crippen LogP contribution is 2.26. The predicted molar refractivity (Wildman–Crippen MR) is 196 cm³/mol. The van der Waals surface area contributed by atoms with Gasteiger partial charge in [0.2, 0.25) is 0 Å². The molecule has 0 radical (unpaired) electrons.